The molecule has 0 saturated heterocycles. The predicted molar refractivity (Wildman–Crippen MR) is 96.3 cm³/mol. The number of halogens is 1. The molecule has 0 radical (unpaired) electrons. The minimum absolute atomic E-state index is 0.285. The van der Waals surface area contributed by atoms with Crippen LogP contribution in [0.25, 0.3) is 0 Å². The van der Waals surface area contributed by atoms with E-state index in [2.05, 4.69) is 96.6 Å². The van der Waals surface area contributed by atoms with Crippen LogP contribution in [0.5, 0.6) is 0 Å². The Hall–Kier alpha value is -1.48. The van der Waals surface area contributed by atoms with Crippen molar-refractivity contribution in [2.24, 2.45) is 0 Å². The molecular formula is C18H23BrN2. The van der Waals surface area contributed by atoms with Crippen molar-refractivity contribution in [2.75, 3.05) is 24.3 Å². The molecule has 112 valence electrons. The third-order valence-corrected chi connectivity index (χ3v) is 4.22. The Labute approximate surface area is 136 Å². The van der Waals surface area contributed by atoms with E-state index in [0.717, 1.165) is 10.9 Å². The predicted octanol–water partition coefficient (Wildman–Crippen LogP) is 5.25. The van der Waals surface area contributed by atoms with Crippen molar-refractivity contribution in [1.82, 2.24) is 0 Å². The van der Waals surface area contributed by atoms with Crippen LogP contribution in [0.15, 0.2) is 46.9 Å². The van der Waals surface area contributed by atoms with Gasteiger partial charge in [-0.1, -0.05) is 35.0 Å². The summed E-state index contributed by atoms with van der Waals surface area (Å²) in [6, 6.07) is 15.4. The van der Waals surface area contributed by atoms with Gasteiger partial charge >= 0.3 is 0 Å². The fraction of sp³-hybridized carbons (Fsp3) is 0.333. The molecule has 0 bridgehead atoms. The fourth-order valence-corrected chi connectivity index (χ4v) is 2.78. The second kappa shape index (κ2) is 6.99. The summed E-state index contributed by atoms with van der Waals surface area (Å²) in [5, 5.41) is 3.62. The normalized spacial score (nSPS) is 12.0. The zero-order valence-electron chi connectivity index (χ0n) is 13.2. The molecule has 1 atom stereocenters. The molecule has 3 heteroatoms. The van der Waals surface area contributed by atoms with E-state index in [0.29, 0.717) is 0 Å². The lowest BCUT2D eigenvalue weighted by molar-refractivity contribution is 0.878. The largest absolute Gasteiger partial charge is 0.378 e. The molecule has 0 spiro atoms. The van der Waals surface area contributed by atoms with Crippen molar-refractivity contribution in [3.63, 3.8) is 0 Å². The molecule has 1 N–H and O–H groups in total. The SMILES string of the molecule is CCc1cc(Br)ccc1NC(C)c1ccc(N(C)C)cc1. The quantitative estimate of drug-likeness (QED) is 0.795. The molecule has 0 aromatic heterocycles. The summed E-state index contributed by atoms with van der Waals surface area (Å²) >= 11 is 3.54. The van der Waals surface area contributed by atoms with Crippen molar-refractivity contribution in [3.05, 3.63) is 58.1 Å². The molecule has 0 saturated carbocycles. The van der Waals surface area contributed by atoms with Crippen LogP contribution in [0.2, 0.25) is 0 Å². The molecule has 2 aromatic rings. The summed E-state index contributed by atoms with van der Waals surface area (Å²) < 4.78 is 1.13. The maximum Gasteiger partial charge on any atom is 0.0485 e. The van der Waals surface area contributed by atoms with Crippen LogP contribution in [-0.2, 0) is 6.42 Å². The molecule has 21 heavy (non-hydrogen) atoms. The maximum atomic E-state index is 3.62. The van der Waals surface area contributed by atoms with Crippen molar-refractivity contribution in [2.45, 2.75) is 26.3 Å². The van der Waals surface area contributed by atoms with E-state index >= 15 is 0 Å². The molecular weight excluding hydrogens is 324 g/mol. The summed E-state index contributed by atoms with van der Waals surface area (Å²) in [6.07, 6.45) is 1.02. The minimum atomic E-state index is 0.285. The monoisotopic (exact) mass is 346 g/mol. The van der Waals surface area contributed by atoms with Crippen molar-refractivity contribution in [3.8, 4) is 0 Å². The molecule has 0 aliphatic carbocycles. The van der Waals surface area contributed by atoms with Crippen molar-refractivity contribution in [1.29, 1.82) is 0 Å². The first-order valence-electron chi connectivity index (χ1n) is 7.33. The Bertz CT molecular complexity index is 591. The minimum Gasteiger partial charge on any atom is -0.378 e. The van der Waals surface area contributed by atoms with Gasteiger partial charge in [-0.05, 0) is 54.8 Å². The number of nitrogens with one attached hydrogen (secondary N) is 1. The van der Waals surface area contributed by atoms with Crippen LogP contribution in [0.4, 0.5) is 11.4 Å². The Morgan fingerprint density at radius 1 is 1.10 bits per heavy atom. The highest BCUT2D eigenvalue weighted by atomic mass is 79.9. The van der Waals surface area contributed by atoms with Gasteiger partial charge in [0, 0.05) is 36.0 Å². The smallest absolute Gasteiger partial charge is 0.0485 e. The number of nitrogens with zero attached hydrogens (tertiary/aromatic N) is 1. The summed E-state index contributed by atoms with van der Waals surface area (Å²) in [7, 11) is 4.12. The van der Waals surface area contributed by atoms with Crippen LogP contribution in [-0.4, -0.2) is 14.1 Å². The molecule has 2 nitrogen and oxygen atoms in total. The highest BCUT2D eigenvalue weighted by Gasteiger charge is 2.08. The standard InChI is InChI=1S/C18H23BrN2/c1-5-14-12-16(19)8-11-18(14)20-13(2)15-6-9-17(10-7-15)21(3)4/h6-13,20H,5H2,1-4H3. The molecule has 1 unspecified atom stereocenters. The van der Waals surface area contributed by atoms with Crippen LogP contribution in [0.1, 0.15) is 31.0 Å². The lowest BCUT2D eigenvalue weighted by Gasteiger charge is -2.20. The number of hydrogen-bond acceptors (Lipinski definition) is 2. The van der Waals surface area contributed by atoms with Crippen molar-refractivity contribution >= 4 is 27.3 Å². The van der Waals surface area contributed by atoms with E-state index in [1.165, 1.54) is 22.5 Å². The first-order chi connectivity index (χ1) is 10.0. The molecule has 0 heterocycles. The Balaban J connectivity index is 2.15. The Morgan fingerprint density at radius 2 is 1.76 bits per heavy atom. The van der Waals surface area contributed by atoms with Gasteiger partial charge in [-0.2, -0.15) is 0 Å². The third-order valence-electron chi connectivity index (χ3n) is 3.73. The first-order valence-corrected chi connectivity index (χ1v) is 8.12. The third kappa shape index (κ3) is 4.01. The van der Waals surface area contributed by atoms with Gasteiger partial charge in [-0.3, -0.25) is 0 Å². The van der Waals surface area contributed by atoms with Crippen molar-refractivity contribution < 1.29 is 0 Å². The van der Waals surface area contributed by atoms with E-state index in [1.54, 1.807) is 0 Å². The molecule has 0 fully saturated rings. The van der Waals surface area contributed by atoms with Gasteiger partial charge in [-0.25, -0.2) is 0 Å². The lowest BCUT2D eigenvalue weighted by atomic mass is 10.1. The highest BCUT2D eigenvalue weighted by Crippen LogP contribution is 2.26. The summed E-state index contributed by atoms with van der Waals surface area (Å²) in [5.74, 6) is 0. The molecule has 2 rings (SSSR count). The second-order valence-electron chi connectivity index (χ2n) is 5.51. The zero-order valence-corrected chi connectivity index (χ0v) is 14.7. The maximum absolute atomic E-state index is 3.62. The van der Waals surface area contributed by atoms with E-state index in [-0.39, 0.29) is 6.04 Å². The van der Waals surface area contributed by atoms with Gasteiger partial charge in [-0.15, -0.1) is 0 Å². The number of anilines is 2. The number of benzene rings is 2. The van der Waals surface area contributed by atoms with Gasteiger partial charge < -0.3 is 10.2 Å². The van der Waals surface area contributed by atoms with Crippen LogP contribution in [0, 0.1) is 0 Å². The van der Waals surface area contributed by atoms with Crippen LogP contribution in [0.3, 0.4) is 0 Å². The number of rotatable bonds is 5. The highest BCUT2D eigenvalue weighted by molar-refractivity contribution is 9.10. The average molecular weight is 347 g/mol. The van der Waals surface area contributed by atoms with Gasteiger partial charge in [0.1, 0.15) is 0 Å². The van der Waals surface area contributed by atoms with Gasteiger partial charge in [0.15, 0.2) is 0 Å². The Kier molecular flexibility index (Phi) is 5.29. The zero-order chi connectivity index (χ0) is 15.4. The molecule has 0 aliphatic heterocycles. The molecule has 2 aromatic carbocycles. The number of aryl methyl sites for hydroxylation is 1. The van der Waals surface area contributed by atoms with Gasteiger partial charge in [0.2, 0.25) is 0 Å². The second-order valence-corrected chi connectivity index (χ2v) is 6.42. The van der Waals surface area contributed by atoms with Gasteiger partial charge in [0.05, 0.1) is 0 Å². The Morgan fingerprint density at radius 3 is 2.33 bits per heavy atom. The van der Waals surface area contributed by atoms with E-state index in [4.69, 9.17) is 0 Å². The van der Waals surface area contributed by atoms with Gasteiger partial charge in [0.25, 0.3) is 0 Å². The first kappa shape index (κ1) is 15.9. The summed E-state index contributed by atoms with van der Waals surface area (Å²) in [4.78, 5) is 2.12. The molecule has 0 amide bonds. The fourth-order valence-electron chi connectivity index (χ4n) is 2.37. The summed E-state index contributed by atoms with van der Waals surface area (Å²) in [6.45, 7) is 4.38. The van der Waals surface area contributed by atoms with E-state index in [1.807, 2.05) is 0 Å². The lowest BCUT2D eigenvalue weighted by Crippen LogP contribution is -2.10. The van der Waals surface area contributed by atoms with E-state index < -0.39 is 0 Å². The average Bonchev–Trinajstić information content (AvgIpc) is 2.49. The van der Waals surface area contributed by atoms with E-state index in [9.17, 15) is 0 Å². The topological polar surface area (TPSA) is 15.3 Å². The molecule has 0 aliphatic rings. The summed E-state index contributed by atoms with van der Waals surface area (Å²) in [5.41, 5.74) is 5.07. The number of hydrogen-bond donors (Lipinski definition) is 1. The van der Waals surface area contributed by atoms with Crippen LogP contribution >= 0.6 is 15.9 Å². The van der Waals surface area contributed by atoms with Crippen LogP contribution < -0.4 is 10.2 Å².